The van der Waals surface area contributed by atoms with Gasteiger partial charge in [0.1, 0.15) is 5.69 Å². The molecule has 0 fully saturated rings. The Bertz CT molecular complexity index is 756. The lowest BCUT2D eigenvalue weighted by molar-refractivity contribution is 0.278. The van der Waals surface area contributed by atoms with Gasteiger partial charge in [-0.15, -0.1) is 0 Å². The number of rotatable bonds is 3. The summed E-state index contributed by atoms with van der Waals surface area (Å²) in [6, 6.07) is 7.44. The molecule has 2 heterocycles. The number of hydrogen-bond donors (Lipinski definition) is 1. The smallest absolute Gasteiger partial charge is 0.161 e. The van der Waals surface area contributed by atoms with Gasteiger partial charge in [-0.1, -0.05) is 6.07 Å². The summed E-state index contributed by atoms with van der Waals surface area (Å²) in [6.45, 7) is 0.0950. The van der Waals surface area contributed by atoms with Gasteiger partial charge < -0.3 is 9.67 Å². The highest BCUT2D eigenvalue weighted by Gasteiger charge is 2.15. The van der Waals surface area contributed by atoms with Crippen molar-refractivity contribution in [1.82, 2.24) is 14.5 Å². The van der Waals surface area contributed by atoms with Gasteiger partial charge in [-0.05, 0) is 12.1 Å². The van der Waals surface area contributed by atoms with E-state index in [0.717, 1.165) is 12.1 Å². The molecule has 0 aliphatic carbocycles. The molecule has 3 aromatic rings. The van der Waals surface area contributed by atoms with Crippen LogP contribution in [0.1, 0.15) is 0 Å². The van der Waals surface area contributed by atoms with Crippen molar-refractivity contribution in [2.45, 2.75) is 6.54 Å². The van der Waals surface area contributed by atoms with Crippen LogP contribution in [-0.2, 0) is 6.54 Å². The number of aliphatic hydroxyl groups is 1. The minimum atomic E-state index is -0.946. The van der Waals surface area contributed by atoms with Crippen molar-refractivity contribution in [3.05, 3.63) is 48.2 Å². The van der Waals surface area contributed by atoms with E-state index < -0.39 is 11.6 Å². The molecule has 102 valence electrons. The molecule has 0 bridgehead atoms. The number of halogens is 2. The average molecular weight is 275 g/mol. The van der Waals surface area contributed by atoms with Crippen LogP contribution in [0.2, 0.25) is 0 Å². The minimum Gasteiger partial charge on any atom is -0.395 e. The summed E-state index contributed by atoms with van der Waals surface area (Å²) < 4.78 is 28.3. The van der Waals surface area contributed by atoms with E-state index in [9.17, 15) is 8.78 Å². The summed E-state index contributed by atoms with van der Waals surface area (Å²) in [5, 5.41) is 9.16. The second-order valence-electron chi connectivity index (χ2n) is 4.28. The summed E-state index contributed by atoms with van der Waals surface area (Å²) >= 11 is 0. The summed E-state index contributed by atoms with van der Waals surface area (Å²) in [6.07, 6.45) is 1.61. The quantitative estimate of drug-likeness (QED) is 0.798. The van der Waals surface area contributed by atoms with Gasteiger partial charge in [-0.3, -0.25) is 4.98 Å². The van der Waals surface area contributed by atoms with Gasteiger partial charge >= 0.3 is 0 Å². The summed E-state index contributed by atoms with van der Waals surface area (Å²) in [5.41, 5.74) is 1.34. The normalized spacial score (nSPS) is 11.2. The van der Waals surface area contributed by atoms with E-state index in [1.165, 1.54) is 0 Å². The third-order valence-electron chi connectivity index (χ3n) is 3.01. The van der Waals surface area contributed by atoms with Crippen LogP contribution in [0.5, 0.6) is 0 Å². The van der Waals surface area contributed by atoms with Crippen molar-refractivity contribution < 1.29 is 13.9 Å². The first-order valence-electron chi connectivity index (χ1n) is 6.08. The highest BCUT2D eigenvalue weighted by molar-refractivity contribution is 5.80. The number of aromatic nitrogens is 3. The number of hydrogen-bond acceptors (Lipinski definition) is 3. The zero-order chi connectivity index (χ0) is 14.1. The zero-order valence-corrected chi connectivity index (χ0v) is 10.4. The van der Waals surface area contributed by atoms with Crippen LogP contribution in [0.25, 0.3) is 22.6 Å². The van der Waals surface area contributed by atoms with E-state index in [1.807, 2.05) is 0 Å². The topological polar surface area (TPSA) is 50.9 Å². The third-order valence-corrected chi connectivity index (χ3v) is 3.01. The molecule has 6 heteroatoms. The molecule has 1 N–H and O–H groups in total. The van der Waals surface area contributed by atoms with E-state index in [1.54, 1.807) is 29.0 Å². The van der Waals surface area contributed by atoms with Crippen molar-refractivity contribution in [3.63, 3.8) is 0 Å². The van der Waals surface area contributed by atoms with Crippen LogP contribution in [0, 0.1) is 11.6 Å². The van der Waals surface area contributed by atoms with Crippen LogP contribution >= 0.6 is 0 Å². The van der Waals surface area contributed by atoms with Crippen LogP contribution in [0.4, 0.5) is 8.78 Å². The lowest BCUT2D eigenvalue weighted by Crippen LogP contribution is -2.05. The molecule has 1 aromatic carbocycles. The molecule has 0 saturated heterocycles. The molecule has 2 aromatic heterocycles. The Kier molecular flexibility index (Phi) is 3.15. The highest BCUT2D eigenvalue weighted by atomic mass is 19.2. The van der Waals surface area contributed by atoms with Gasteiger partial charge in [0.2, 0.25) is 0 Å². The number of aliphatic hydroxyl groups excluding tert-OH is 1. The summed E-state index contributed by atoms with van der Waals surface area (Å²) in [5.74, 6) is -1.41. The van der Waals surface area contributed by atoms with Gasteiger partial charge in [0.05, 0.1) is 17.6 Å². The van der Waals surface area contributed by atoms with Crippen LogP contribution in [-0.4, -0.2) is 26.2 Å². The van der Waals surface area contributed by atoms with Gasteiger partial charge in [0.15, 0.2) is 17.5 Å². The van der Waals surface area contributed by atoms with Gasteiger partial charge in [0.25, 0.3) is 0 Å². The molecule has 3 rings (SSSR count). The first-order valence-corrected chi connectivity index (χ1v) is 6.08. The number of benzene rings is 1. The number of pyridine rings is 1. The molecule has 4 nitrogen and oxygen atoms in total. The summed E-state index contributed by atoms with van der Waals surface area (Å²) in [7, 11) is 0. The van der Waals surface area contributed by atoms with Gasteiger partial charge in [-0.25, -0.2) is 13.8 Å². The predicted octanol–water partition coefficient (Wildman–Crippen LogP) is 2.37. The van der Waals surface area contributed by atoms with E-state index in [0.29, 0.717) is 22.6 Å². The Morgan fingerprint density at radius 3 is 2.65 bits per heavy atom. The van der Waals surface area contributed by atoms with E-state index in [4.69, 9.17) is 5.11 Å². The van der Waals surface area contributed by atoms with Crippen molar-refractivity contribution in [1.29, 1.82) is 0 Å². The van der Waals surface area contributed by atoms with Crippen molar-refractivity contribution >= 4 is 11.0 Å². The van der Waals surface area contributed by atoms with E-state index in [-0.39, 0.29) is 13.2 Å². The Labute approximate surface area is 113 Å². The molecule has 0 spiro atoms. The molecule has 0 unspecified atom stereocenters. The largest absolute Gasteiger partial charge is 0.395 e. The minimum absolute atomic E-state index is 0.135. The first kappa shape index (κ1) is 12.7. The van der Waals surface area contributed by atoms with Gasteiger partial charge in [0, 0.05) is 24.9 Å². The Hall–Kier alpha value is -2.34. The van der Waals surface area contributed by atoms with Crippen LogP contribution < -0.4 is 0 Å². The maximum absolute atomic E-state index is 13.4. The zero-order valence-electron chi connectivity index (χ0n) is 10.4. The fraction of sp³-hybridized carbons (Fsp3) is 0.143. The monoisotopic (exact) mass is 275 g/mol. The van der Waals surface area contributed by atoms with E-state index in [2.05, 4.69) is 9.97 Å². The molecular formula is C14H11F2N3O. The number of imidazole rings is 1. The fourth-order valence-corrected chi connectivity index (χ4v) is 2.14. The average Bonchev–Trinajstić information content (AvgIpc) is 2.79. The molecule has 0 atom stereocenters. The molecule has 0 aliphatic heterocycles. The predicted molar refractivity (Wildman–Crippen MR) is 70.0 cm³/mol. The SMILES string of the molecule is OCCn1c(-c2ccccn2)nc2cc(F)c(F)cc21. The highest BCUT2D eigenvalue weighted by Crippen LogP contribution is 2.25. The van der Waals surface area contributed by atoms with Crippen LogP contribution in [0.15, 0.2) is 36.5 Å². The van der Waals surface area contributed by atoms with Crippen molar-refractivity contribution in [3.8, 4) is 11.5 Å². The van der Waals surface area contributed by atoms with Gasteiger partial charge in [-0.2, -0.15) is 0 Å². The standard InChI is InChI=1S/C14H11F2N3O/c15-9-7-12-13(8-10(9)16)19(5-6-20)14(18-12)11-3-1-2-4-17-11/h1-4,7-8,20H,5-6H2. The molecule has 20 heavy (non-hydrogen) atoms. The lowest BCUT2D eigenvalue weighted by Gasteiger charge is -2.06. The Morgan fingerprint density at radius 1 is 1.15 bits per heavy atom. The molecule has 0 radical (unpaired) electrons. The maximum Gasteiger partial charge on any atom is 0.161 e. The molecular weight excluding hydrogens is 264 g/mol. The second-order valence-corrected chi connectivity index (χ2v) is 4.28. The van der Waals surface area contributed by atoms with E-state index >= 15 is 0 Å². The van der Waals surface area contributed by atoms with Crippen LogP contribution in [0.3, 0.4) is 0 Å². The second kappa shape index (κ2) is 4.97. The molecule has 0 saturated carbocycles. The first-order chi connectivity index (χ1) is 9.70. The summed E-state index contributed by atoms with van der Waals surface area (Å²) in [4.78, 5) is 8.47. The van der Waals surface area contributed by atoms with Crippen molar-refractivity contribution in [2.75, 3.05) is 6.61 Å². The maximum atomic E-state index is 13.4. The fourth-order valence-electron chi connectivity index (χ4n) is 2.14. The third kappa shape index (κ3) is 2.04. The van der Waals surface area contributed by atoms with Crippen molar-refractivity contribution in [2.24, 2.45) is 0 Å². The molecule has 0 aliphatic rings. The molecule has 0 amide bonds. The number of nitrogens with zero attached hydrogens (tertiary/aromatic N) is 3. The number of fused-ring (bicyclic) bond motifs is 1. The Morgan fingerprint density at radius 2 is 1.95 bits per heavy atom. The lowest BCUT2D eigenvalue weighted by atomic mass is 10.3. The Balaban J connectivity index is 2.28.